The van der Waals surface area contributed by atoms with Gasteiger partial charge in [0.2, 0.25) is 0 Å². The number of ether oxygens (including phenoxy) is 1. The third kappa shape index (κ3) is 6.72. The molecule has 2 heterocycles. The Bertz CT molecular complexity index is 296. The monoisotopic (exact) mass is 252 g/mol. The molecule has 3 nitrogen and oxygen atoms in total. The van der Waals surface area contributed by atoms with Crippen molar-refractivity contribution in [1.29, 1.82) is 0 Å². The van der Waals surface area contributed by atoms with E-state index in [4.69, 9.17) is 4.74 Å². The largest absolute Gasteiger partial charge is 0.379 e. The normalized spacial score (nSPS) is 14.9. The van der Waals surface area contributed by atoms with Crippen LogP contribution in [0.25, 0.3) is 0 Å². The zero-order chi connectivity index (χ0) is 13.8. The van der Waals surface area contributed by atoms with E-state index in [1.54, 1.807) is 0 Å². The van der Waals surface area contributed by atoms with Gasteiger partial charge < -0.3 is 4.74 Å². The van der Waals surface area contributed by atoms with E-state index in [1.165, 1.54) is 0 Å². The molecule has 0 N–H and O–H groups in total. The van der Waals surface area contributed by atoms with Crippen molar-refractivity contribution in [3.05, 3.63) is 29.6 Å². The van der Waals surface area contributed by atoms with E-state index in [9.17, 15) is 0 Å². The summed E-state index contributed by atoms with van der Waals surface area (Å²) in [5.41, 5.74) is 2.25. The first kappa shape index (κ1) is 17.1. The van der Waals surface area contributed by atoms with Gasteiger partial charge in [-0.15, -0.1) is 0 Å². The summed E-state index contributed by atoms with van der Waals surface area (Å²) in [6, 6.07) is 6.18. The van der Waals surface area contributed by atoms with Gasteiger partial charge in [0.15, 0.2) is 0 Å². The highest BCUT2D eigenvalue weighted by Gasteiger charge is 2.10. The van der Waals surface area contributed by atoms with Crippen LogP contribution in [0, 0.1) is 6.92 Å². The summed E-state index contributed by atoms with van der Waals surface area (Å²) >= 11 is 0. The molecule has 1 fully saturated rings. The first-order chi connectivity index (χ1) is 8.84. The van der Waals surface area contributed by atoms with E-state index in [0.717, 1.165) is 44.2 Å². The second kappa shape index (κ2) is 11.2. The molecule has 1 aromatic heterocycles. The molecule has 0 amide bonds. The van der Waals surface area contributed by atoms with Gasteiger partial charge in [-0.2, -0.15) is 0 Å². The molecule has 1 saturated heterocycles. The molecule has 2 rings (SSSR count). The number of hydrogen-bond donors (Lipinski definition) is 0. The van der Waals surface area contributed by atoms with E-state index in [0.29, 0.717) is 0 Å². The van der Waals surface area contributed by atoms with Crippen molar-refractivity contribution in [3.8, 4) is 0 Å². The summed E-state index contributed by atoms with van der Waals surface area (Å²) in [7, 11) is 0. The number of rotatable bonds is 2. The van der Waals surface area contributed by atoms with Crippen LogP contribution in [0.15, 0.2) is 18.2 Å². The van der Waals surface area contributed by atoms with Crippen LogP contribution < -0.4 is 0 Å². The van der Waals surface area contributed by atoms with E-state index < -0.39 is 0 Å². The summed E-state index contributed by atoms with van der Waals surface area (Å²) in [6.45, 7) is 14.7. The van der Waals surface area contributed by atoms with Crippen LogP contribution in [0.2, 0.25) is 0 Å². The molecule has 104 valence electrons. The quantitative estimate of drug-likeness (QED) is 0.807. The zero-order valence-electron chi connectivity index (χ0n) is 12.6. The van der Waals surface area contributed by atoms with Crippen LogP contribution in [0.5, 0.6) is 0 Å². The Morgan fingerprint density at radius 3 is 2.28 bits per heavy atom. The highest BCUT2D eigenvalue weighted by molar-refractivity contribution is 5.09. The molecule has 1 aliphatic rings. The summed E-state index contributed by atoms with van der Waals surface area (Å²) in [5.74, 6) is 0. The topological polar surface area (TPSA) is 25.4 Å². The van der Waals surface area contributed by atoms with Crippen molar-refractivity contribution in [1.82, 2.24) is 9.88 Å². The minimum Gasteiger partial charge on any atom is -0.379 e. The smallest absolute Gasteiger partial charge is 0.0594 e. The molecule has 1 aromatic rings. The van der Waals surface area contributed by atoms with Gasteiger partial charge in [0.1, 0.15) is 0 Å². The Morgan fingerprint density at radius 1 is 1.11 bits per heavy atom. The van der Waals surface area contributed by atoms with Gasteiger partial charge in [0, 0.05) is 25.3 Å². The molecule has 0 spiro atoms. The first-order valence-corrected chi connectivity index (χ1v) is 7.07. The van der Waals surface area contributed by atoms with Crippen LogP contribution in [-0.4, -0.2) is 36.2 Å². The van der Waals surface area contributed by atoms with E-state index >= 15 is 0 Å². The average Bonchev–Trinajstić information content (AvgIpc) is 2.44. The lowest BCUT2D eigenvalue weighted by molar-refractivity contribution is 0.0336. The van der Waals surface area contributed by atoms with Gasteiger partial charge in [-0.05, 0) is 19.1 Å². The molecule has 18 heavy (non-hydrogen) atoms. The highest BCUT2D eigenvalue weighted by Crippen LogP contribution is 2.05. The summed E-state index contributed by atoms with van der Waals surface area (Å²) in [5, 5.41) is 0. The molecule has 0 bridgehead atoms. The van der Waals surface area contributed by atoms with Crippen LogP contribution in [-0.2, 0) is 11.3 Å². The van der Waals surface area contributed by atoms with Crippen molar-refractivity contribution in [2.75, 3.05) is 26.3 Å². The minimum atomic E-state index is 0.853. The third-order valence-electron chi connectivity index (χ3n) is 2.44. The highest BCUT2D eigenvalue weighted by atomic mass is 16.5. The molecule has 0 aromatic carbocycles. The fraction of sp³-hybridized carbons (Fsp3) is 0.667. The molecule has 0 unspecified atom stereocenters. The number of aryl methyl sites for hydroxylation is 1. The van der Waals surface area contributed by atoms with Crippen LogP contribution in [0.4, 0.5) is 0 Å². The zero-order valence-corrected chi connectivity index (χ0v) is 12.6. The summed E-state index contributed by atoms with van der Waals surface area (Å²) in [4.78, 5) is 6.87. The van der Waals surface area contributed by atoms with E-state index in [1.807, 2.05) is 40.7 Å². The predicted molar refractivity (Wildman–Crippen MR) is 77.8 cm³/mol. The standard InChI is InChI=1S/C11H16N2O.2C2H6/c1-10-3-2-4-11(12-10)9-13-5-7-14-8-6-13;2*1-2/h2-4H,5-9H2,1H3;2*1-2H3. The first-order valence-electron chi connectivity index (χ1n) is 7.07. The van der Waals surface area contributed by atoms with Gasteiger partial charge in [0.05, 0.1) is 18.9 Å². The number of pyridine rings is 1. The van der Waals surface area contributed by atoms with E-state index in [-0.39, 0.29) is 0 Å². The number of nitrogens with zero attached hydrogens (tertiary/aromatic N) is 2. The van der Waals surface area contributed by atoms with Gasteiger partial charge >= 0.3 is 0 Å². The Labute approximate surface area is 112 Å². The predicted octanol–water partition coefficient (Wildman–Crippen LogP) is 3.27. The maximum absolute atomic E-state index is 5.30. The molecule has 0 aliphatic carbocycles. The summed E-state index contributed by atoms with van der Waals surface area (Å²) in [6.07, 6.45) is 0. The number of hydrogen-bond acceptors (Lipinski definition) is 3. The third-order valence-corrected chi connectivity index (χ3v) is 2.44. The van der Waals surface area contributed by atoms with Gasteiger partial charge in [-0.3, -0.25) is 9.88 Å². The van der Waals surface area contributed by atoms with Crippen molar-refractivity contribution >= 4 is 0 Å². The molecular formula is C15H28N2O. The van der Waals surface area contributed by atoms with Crippen molar-refractivity contribution in [2.45, 2.75) is 41.2 Å². The summed E-state index contributed by atoms with van der Waals surface area (Å²) < 4.78 is 5.30. The van der Waals surface area contributed by atoms with Gasteiger partial charge in [-0.25, -0.2) is 0 Å². The second-order valence-electron chi connectivity index (χ2n) is 3.66. The fourth-order valence-electron chi connectivity index (χ4n) is 1.68. The van der Waals surface area contributed by atoms with Crippen molar-refractivity contribution < 1.29 is 4.74 Å². The molecular weight excluding hydrogens is 224 g/mol. The van der Waals surface area contributed by atoms with Crippen LogP contribution in [0.3, 0.4) is 0 Å². The number of morpholine rings is 1. The van der Waals surface area contributed by atoms with Crippen molar-refractivity contribution in [2.24, 2.45) is 0 Å². The maximum atomic E-state index is 5.30. The second-order valence-corrected chi connectivity index (χ2v) is 3.66. The van der Waals surface area contributed by atoms with Gasteiger partial charge in [-0.1, -0.05) is 33.8 Å². The van der Waals surface area contributed by atoms with Gasteiger partial charge in [0.25, 0.3) is 0 Å². The Morgan fingerprint density at radius 2 is 1.72 bits per heavy atom. The Hall–Kier alpha value is -0.930. The Balaban J connectivity index is 0.000000659. The average molecular weight is 252 g/mol. The lowest BCUT2D eigenvalue weighted by atomic mass is 10.3. The van der Waals surface area contributed by atoms with E-state index in [2.05, 4.69) is 22.0 Å². The van der Waals surface area contributed by atoms with Crippen LogP contribution in [0.1, 0.15) is 39.1 Å². The molecule has 0 radical (unpaired) electrons. The Kier molecular flexibility index (Phi) is 10.6. The fourth-order valence-corrected chi connectivity index (χ4v) is 1.68. The SMILES string of the molecule is CC.CC.Cc1cccc(CN2CCOCC2)n1. The lowest BCUT2D eigenvalue weighted by Crippen LogP contribution is -2.35. The van der Waals surface area contributed by atoms with Crippen LogP contribution >= 0.6 is 0 Å². The molecule has 1 aliphatic heterocycles. The lowest BCUT2D eigenvalue weighted by Gasteiger charge is -2.26. The minimum absolute atomic E-state index is 0.853. The number of aromatic nitrogens is 1. The maximum Gasteiger partial charge on any atom is 0.0594 e. The molecule has 0 saturated carbocycles. The molecule has 3 heteroatoms. The molecule has 0 atom stereocenters. The van der Waals surface area contributed by atoms with Crippen molar-refractivity contribution in [3.63, 3.8) is 0 Å².